The van der Waals surface area contributed by atoms with Gasteiger partial charge in [-0.2, -0.15) is 5.10 Å². The second kappa shape index (κ2) is 6.46. The molecule has 0 fully saturated rings. The Morgan fingerprint density at radius 3 is 2.77 bits per heavy atom. The zero-order chi connectivity index (χ0) is 18.3. The largest absolute Gasteiger partial charge is 0.507 e. The van der Waals surface area contributed by atoms with E-state index in [0.29, 0.717) is 17.0 Å². The van der Waals surface area contributed by atoms with Gasteiger partial charge in [0.1, 0.15) is 22.2 Å². The van der Waals surface area contributed by atoms with Crippen molar-refractivity contribution < 1.29 is 9.84 Å². The third-order valence-electron chi connectivity index (χ3n) is 4.49. The summed E-state index contributed by atoms with van der Waals surface area (Å²) >= 11 is 1.62. The Bertz CT molecular complexity index is 1060. The first kappa shape index (κ1) is 16.6. The van der Waals surface area contributed by atoms with Gasteiger partial charge in [-0.1, -0.05) is 19.1 Å². The summed E-state index contributed by atoms with van der Waals surface area (Å²) in [7, 11) is 1.61. The number of thiazole rings is 1. The molecular weight excluding hydrogens is 346 g/mol. The molecule has 0 aliphatic rings. The second-order valence-electron chi connectivity index (χ2n) is 6.09. The lowest BCUT2D eigenvalue weighted by Gasteiger charge is -2.11. The van der Waals surface area contributed by atoms with Crippen molar-refractivity contribution in [3.05, 3.63) is 47.7 Å². The van der Waals surface area contributed by atoms with Crippen molar-refractivity contribution in [3.63, 3.8) is 0 Å². The number of hydrogen-bond acceptors (Lipinski definition) is 5. The minimum atomic E-state index is 0.146. The molecule has 2 aromatic carbocycles. The third-order valence-corrected chi connectivity index (χ3v) is 5.54. The molecule has 4 rings (SSSR count). The number of hydrogen-bond donors (Lipinski definition) is 2. The molecule has 0 atom stereocenters. The van der Waals surface area contributed by atoms with Crippen LogP contribution in [0.15, 0.2) is 36.4 Å². The molecule has 4 aromatic rings. The Hall–Kier alpha value is -2.86. The van der Waals surface area contributed by atoms with E-state index in [-0.39, 0.29) is 5.75 Å². The van der Waals surface area contributed by atoms with E-state index in [1.54, 1.807) is 24.5 Å². The van der Waals surface area contributed by atoms with Crippen LogP contribution in [0, 0.1) is 6.92 Å². The molecule has 0 radical (unpaired) electrons. The summed E-state index contributed by atoms with van der Waals surface area (Å²) in [6, 6.07) is 11.7. The smallest absolute Gasteiger partial charge is 0.128 e. The molecule has 26 heavy (non-hydrogen) atoms. The highest BCUT2D eigenvalue weighted by Crippen LogP contribution is 2.42. The van der Waals surface area contributed by atoms with Crippen LogP contribution in [0.2, 0.25) is 0 Å². The first-order valence-electron chi connectivity index (χ1n) is 8.43. The maximum absolute atomic E-state index is 10.6. The Kier molecular flexibility index (Phi) is 4.12. The molecule has 0 unspecified atom stereocenters. The number of aromatic nitrogens is 3. The standard InChI is InChI=1S/C20H19N3O2S/c1-4-12-9-13(15(24)10-16(12)25-3)19-18(11(2)22-23-19)20-21-14-7-5-6-8-17(14)26-20/h5-10,24H,4H2,1-3H3,(H,22,23). The maximum Gasteiger partial charge on any atom is 0.128 e. The average molecular weight is 365 g/mol. The number of phenols is 1. The number of ether oxygens (including phenoxy) is 1. The van der Waals surface area contributed by atoms with Crippen LogP contribution in [0.1, 0.15) is 18.2 Å². The van der Waals surface area contributed by atoms with E-state index in [4.69, 9.17) is 9.72 Å². The molecule has 0 spiro atoms. The molecule has 0 saturated heterocycles. The van der Waals surface area contributed by atoms with Gasteiger partial charge in [0.25, 0.3) is 0 Å². The van der Waals surface area contributed by atoms with Gasteiger partial charge in [0.15, 0.2) is 0 Å². The molecule has 0 bridgehead atoms. The van der Waals surface area contributed by atoms with Crippen molar-refractivity contribution in [1.29, 1.82) is 0 Å². The lowest BCUT2D eigenvalue weighted by Crippen LogP contribution is -1.93. The summed E-state index contributed by atoms with van der Waals surface area (Å²) in [6.45, 7) is 4.03. The van der Waals surface area contributed by atoms with E-state index in [2.05, 4.69) is 23.2 Å². The van der Waals surface area contributed by atoms with E-state index in [1.807, 2.05) is 31.2 Å². The van der Waals surface area contributed by atoms with Gasteiger partial charge in [-0.3, -0.25) is 5.10 Å². The number of nitrogens with zero attached hydrogens (tertiary/aromatic N) is 2. The number of aromatic amines is 1. The molecule has 0 aliphatic heterocycles. The Labute approximate surface area is 155 Å². The molecule has 5 nitrogen and oxygen atoms in total. The highest BCUT2D eigenvalue weighted by atomic mass is 32.1. The number of nitrogens with one attached hydrogen (secondary N) is 1. The van der Waals surface area contributed by atoms with Gasteiger partial charge in [0, 0.05) is 17.3 Å². The van der Waals surface area contributed by atoms with Gasteiger partial charge in [0.05, 0.1) is 22.9 Å². The minimum Gasteiger partial charge on any atom is -0.507 e. The van der Waals surface area contributed by atoms with E-state index in [9.17, 15) is 5.11 Å². The summed E-state index contributed by atoms with van der Waals surface area (Å²) in [5.41, 5.74) is 5.22. The maximum atomic E-state index is 10.6. The molecule has 2 heterocycles. The molecule has 0 amide bonds. The number of rotatable bonds is 4. The Balaban J connectivity index is 1.92. The van der Waals surface area contributed by atoms with Gasteiger partial charge < -0.3 is 9.84 Å². The highest BCUT2D eigenvalue weighted by molar-refractivity contribution is 7.21. The zero-order valence-corrected chi connectivity index (χ0v) is 15.6. The van der Waals surface area contributed by atoms with Crippen LogP contribution in [0.25, 0.3) is 32.0 Å². The van der Waals surface area contributed by atoms with Gasteiger partial charge in [-0.15, -0.1) is 11.3 Å². The summed E-state index contributed by atoms with van der Waals surface area (Å²) in [5.74, 6) is 0.829. The van der Waals surface area contributed by atoms with Crippen LogP contribution in [0.5, 0.6) is 11.5 Å². The van der Waals surface area contributed by atoms with Gasteiger partial charge in [-0.05, 0) is 37.1 Å². The molecule has 0 aliphatic carbocycles. The molecule has 0 saturated carbocycles. The zero-order valence-electron chi connectivity index (χ0n) is 14.8. The van der Waals surface area contributed by atoms with E-state index < -0.39 is 0 Å². The summed E-state index contributed by atoms with van der Waals surface area (Å²) in [4.78, 5) is 4.76. The van der Waals surface area contributed by atoms with Crippen LogP contribution < -0.4 is 4.74 Å². The average Bonchev–Trinajstić information content (AvgIpc) is 3.24. The molecular formula is C20H19N3O2S. The molecule has 2 aromatic heterocycles. The van der Waals surface area contributed by atoms with Crippen LogP contribution in [-0.2, 0) is 6.42 Å². The first-order valence-corrected chi connectivity index (χ1v) is 9.25. The van der Waals surface area contributed by atoms with E-state index >= 15 is 0 Å². The lowest BCUT2D eigenvalue weighted by molar-refractivity contribution is 0.403. The molecule has 6 heteroatoms. The van der Waals surface area contributed by atoms with Gasteiger partial charge in [-0.25, -0.2) is 4.98 Å². The third kappa shape index (κ3) is 2.63. The topological polar surface area (TPSA) is 71.0 Å². The molecule has 132 valence electrons. The quantitative estimate of drug-likeness (QED) is 0.537. The van der Waals surface area contributed by atoms with Gasteiger partial charge >= 0.3 is 0 Å². The van der Waals surface area contributed by atoms with Crippen LogP contribution in [0.4, 0.5) is 0 Å². The highest BCUT2D eigenvalue weighted by Gasteiger charge is 2.21. The molecule has 2 N–H and O–H groups in total. The fraction of sp³-hybridized carbons (Fsp3) is 0.200. The number of aromatic hydroxyl groups is 1. The number of para-hydroxylation sites is 1. The number of phenolic OH excluding ortho intramolecular Hbond substituents is 1. The SMILES string of the molecule is CCc1cc(-c2n[nH]c(C)c2-c2nc3ccccc3s2)c(O)cc1OC. The number of fused-ring (bicyclic) bond motifs is 1. The number of benzene rings is 2. The van der Waals surface area contributed by atoms with Crippen molar-refractivity contribution in [1.82, 2.24) is 15.2 Å². The number of H-pyrrole nitrogens is 1. The second-order valence-corrected chi connectivity index (χ2v) is 7.12. The van der Waals surface area contributed by atoms with Gasteiger partial charge in [0.2, 0.25) is 0 Å². The predicted octanol–water partition coefficient (Wildman–Crippen LogP) is 4.94. The van der Waals surface area contributed by atoms with Crippen molar-refractivity contribution >= 4 is 21.6 Å². The predicted molar refractivity (Wildman–Crippen MR) is 105 cm³/mol. The normalized spacial score (nSPS) is 11.2. The number of methoxy groups -OCH3 is 1. The van der Waals surface area contributed by atoms with E-state index in [0.717, 1.165) is 38.5 Å². The minimum absolute atomic E-state index is 0.146. The summed E-state index contributed by atoms with van der Waals surface area (Å²) in [6.07, 6.45) is 0.802. The van der Waals surface area contributed by atoms with Crippen molar-refractivity contribution in [3.8, 4) is 33.3 Å². The van der Waals surface area contributed by atoms with Crippen molar-refractivity contribution in [2.75, 3.05) is 7.11 Å². The Morgan fingerprint density at radius 1 is 1.23 bits per heavy atom. The first-order chi connectivity index (χ1) is 12.6. The lowest BCUT2D eigenvalue weighted by atomic mass is 10.0. The fourth-order valence-corrected chi connectivity index (χ4v) is 4.20. The number of aryl methyl sites for hydroxylation is 2. The van der Waals surface area contributed by atoms with E-state index in [1.165, 1.54) is 0 Å². The van der Waals surface area contributed by atoms with Crippen LogP contribution in [0.3, 0.4) is 0 Å². The van der Waals surface area contributed by atoms with Crippen molar-refractivity contribution in [2.45, 2.75) is 20.3 Å². The van der Waals surface area contributed by atoms with Crippen LogP contribution >= 0.6 is 11.3 Å². The summed E-state index contributed by atoms with van der Waals surface area (Å²) < 4.78 is 6.50. The Morgan fingerprint density at radius 2 is 2.04 bits per heavy atom. The van der Waals surface area contributed by atoms with Crippen LogP contribution in [-0.4, -0.2) is 27.4 Å². The van der Waals surface area contributed by atoms with Crippen molar-refractivity contribution in [2.24, 2.45) is 0 Å². The summed E-state index contributed by atoms with van der Waals surface area (Å²) in [5, 5.41) is 19.0. The fourth-order valence-electron chi connectivity index (χ4n) is 3.13. The monoisotopic (exact) mass is 365 g/mol.